The van der Waals surface area contributed by atoms with Gasteiger partial charge in [0.2, 0.25) is 0 Å². The minimum atomic E-state index is -0.524. The molecule has 1 fully saturated rings. The molecule has 2 amide bonds. The molecular weight excluding hydrogens is 488 g/mol. The lowest BCUT2D eigenvalue weighted by molar-refractivity contribution is -0.122. The van der Waals surface area contributed by atoms with Crippen LogP contribution < -0.4 is 15.0 Å². The van der Waals surface area contributed by atoms with E-state index < -0.39 is 11.8 Å². The minimum absolute atomic E-state index is 0.00373. The van der Waals surface area contributed by atoms with E-state index in [1.807, 2.05) is 49.4 Å². The number of rotatable bonds is 5. The second kappa shape index (κ2) is 9.46. The van der Waals surface area contributed by atoms with Crippen LogP contribution in [0.5, 0.6) is 5.75 Å². The predicted octanol–water partition coefficient (Wildman–Crippen LogP) is 5.17. The monoisotopic (exact) mass is 506 g/mol. The topological polar surface area (TPSA) is 58.6 Å². The highest BCUT2D eigenvalue weighted by atomic mass is 79.9. The minimum Gasteiger partial charge on any atom is -0.488 e. The van der Waals surface area contributed by atoms with Crippen molar-refractivity contribution in [1.82, 2.24) is 5.32 Å². The molecule has 3 aromatic rings. The third-order valence-electron chi connectivity index (χ3n) is 4.90. The highest BCUT2D eigenvalue weighted by molar-refractivity contribution is 9.10. The van der Waals surface area contributed by atoms with Gasteiger partial charge in [-0.05, 0) is 76.5 Å². The van der Waals surface area contributed by atoms with Crippen molar-refractivity contribution in [1.29, 1.82) is 0 Å². The Kier molecular flexibility index (Phi) is 6.48. The first-order chi connectivity index (χ1) is 15.4. The maximum Gasteiger partial charge on any atom is 0.270 e. The first-order valence-corrected chi connectivity index (χ1v) is 11.1. The maximum absolute atomic E-state index is 13.1. The number of ether oxygens (including phenoxy) is 1. The molecule has 3 aromatic carbocycles. The summed E-state index contributed by atoms with van der Waals surface area (Å²) in [6, 6.07) is 22.6. The van der Waals surface area contributed by atoms with Crippen molar-refractivity contribution in [2.24, 2.45) is 0 Å². The van der Waals surface area contributed by atoms with Crippen LogP contribution in [0.25, 0.3) is 6.08 Å². The van der Waals surface area contributed by atoms with Crippen LogP contribution in [-0.2, 0) is 16.2 Å². The lowest BCUT2D eigenvalue weighted by Crippen LogP contribution is -2.54. The van der Waals surface area contributed by atoms with E-state index in [9.17, 15) is 9.59 Å². The van der Waals surface area contributed by atoms with Gasteiger partial charge in [-0.1, -0.05) is 54.1 Å². The van der Waals surface area contributed by atoms with Crippen LogP contribution in [0.4, 0.5) is 5.69 Å². The molecule has 0 aromatic heterocycles. The van der Waals surface area contributed by atoms with Crippen LogP contribution in [0, 0.1) is 6.92 Å². The SMILES string of the molecule is Cc1ccc(N2C(=O)/C(=C/c3ccc(OCc4ccccc4)c(Br)c3)C(=O)NC2=S)cc1. The number of nitrogens with zero attached hydrogens (tertiary/aromatic N) is 1. The quantitative estimate of drug-likeness (QED) is 0.294. The van der Waals surface area contributed by atoms with E-state index in [0.29, 0.717) is 23.6 Å². The fourth-order valence-electron chi connectivity index (χ4n) is 3.21. The van der Waals surface area contributed by atoms with Gasteiger partial charge in [-0.3, -0.25) is 19.8 Å². The zero-order valence-electron chi connectivity index (χ0n) is 17.2. The molecule has 0 aliphatic carbocycles. The molecule has 5 nitrogen and oxygen atoms in total. The smallest absolute Gasteiger partial charge is 0.270 e. The number of nitrogens with one attached hydrogen (secondary N) is 1. The number of amides is 2. The Morgan fingerprint density at radius 1 is 1.03 bits per heavy atom. The van der Waals surface area contributed by atoms with Crippen molar-refractivity contribution in [2.45, 2.75) is 13.5 Å². The standard InChI is InChI=1S/C25H19BrN2O3S/c1-16-7-10-19(11-8-16)28-24(30)20(23(29)27-25(28)32)13-18-9-12-22(21(26)14-18)31-15-17-5-3-2-4-6-17/h2-14H,15H2,1H3,(H,27,29,32)/b20-13+. The van der Waals surface area contributed by atoms with Gasteiger partial charge >= 0.3 is 0 Å². The highest BCUT2D eigenvalue weighted by Crippen LogP contribution is 2.29. The molecule has 0 spiro atoms. The largest absolute Gasteiger partial charge is 0.488 e. The van der Waals surface area contributed by atoms with Gasteiger partial charge in [0.25, 0.3) is 11.8 Å². The molecule has 0 saturated carbocycles. The zero-order valence-corrected chi connectivity index (χ0v) is 19.6. The summed E-state index contributed by atoms with van der Waals surface area (Å²) in [5.41, 5.74) is 3.40. The Morgan fingerprint density at radius 2 is 1.75 bits per heavy atom. The fraction of sp³-hybridized carbons (Fsp3) is 0.0800. The van der Waals surface area contributed by atoms with Gasteiger partial charge in [0.15, 0.2) is 5.11 Å². The second-order valence-corrected chi connectivity index (χ2v) is 8.50. The van der Waals surface area contributed by atoms with Crippen molar-refractivity contribution in [3.05, 3.63) is 99.5 Å². The molecule has 1 N–H and O–H groups in total. The van der Waals surface area contributed by atoms with Crippen LogP contribution >= 0.6 is 28.1 Å². The molecule has 0 atom stereocenters. The molecule has 7 heteroatoms. The number of benzene rings is 3. The number of anilines is 1. The lowest BCUT2D eigenvalue weighted by Gasteiger charge is -2.29. The molecule has 32 heavy (non-hydrogen) atoms. The Bertz CT molecular complexity index is 1220. The van der Waals surface area contributed by atoms with Crippen LogP contribution in [0.1, 0.15) is 16.7 Å². The maximum atomic E-state index is 13.1. The molecule has 0 bridgehead atoms. The van der Waals surface area contributed by atoms with Gasteiger partial charge in [0.05, 0.1) is 10.2 Å². The molecule has 1 aliphatic rings. The lowest BCUT2D eigenvalue weighted by atomic mass is 10.1. The summed E-state index contributed by atoms with van der Waals surface area (Å²) in [4.78, 5) is 27.0. The van der Waals surface area contributed by atoms with E-state index in [2.05, 4.69) is 21.2 Å². The van der Waals surface area contributed by atoms with Crippen molar-refractivity contribution >= 4 is 56.8 Å². The molecule has 0 unspecified atom stereocenters. The Balaban J connectivity index is 1.57. The molecule has 1 aliphatic heterocycles. The summed E-state index contributed by atoms with van der Waals surface area (Å²) >= 11 is 8.75. The van der Waals surface area contributed by atoms with Gasteiger partial charge in [-0.15, -0.1) is 0 Å². The number of hydrogen-bond donors (Lipinski definition) is 1. The molecule has 4 rings (SSSR count). The van der Waals surface area contributed by atoms with E-state index in [0.717, 1.165) is 15.6 Å². The number of carbonyl (C=O) groups is 2. The number of halogens is 1. The van der Waals surface area contributed by atoms with Crippen LogP contribution in [0.15, 0.2) is 82.8 Å². The van der Waals surface area contributed by atoms with Gasteiger partial charge in [0.1, 0.15) is 17.9 Å². The Hall–Kier alpha value is -3.29. The average molecular weight is 507 g/mol. The molecule has 160 valence electrons. The summed E-state index contributed by atoms with van der Waals surface area (Å²) < 4.78 is 6.59. The van der Waals surface area contributed by atoms with Crippen molar-refractivity contribution < 1.29 is 14.3 Å². The zero-order chi connectivity index (χ0) is 22.7. The normalized spacial score (nSPS) is 15.1. The van der Waals surface area contributed by atoms with Crippen molar-refractivity contribution in [2.75, 3.05) is 4.90 Å². The molecule has 1 saturated heterocycles. The van der Waals surface area contributed by atoms with E-state index in [4.69, 9.17) is 17.0 Å². The summed E-state index contributed by atoms with van der Waals surface area (Å²) in [5, 5.41) is 2.66. The van der Waals surface area contributed by atoms with E-state index in [1.54, 1.807) is 36.4 Å². The number of carbonyl (C=O) groups excluding carboxylic acids is 2. The fourth-order valence-corrected chi connectivity index (χ4v) is 4.00. The summed E-state index contributed by atoms with van der Waals surface area (Å²) in [6.07, 6.45) is 1.55. The number of thiocarbonyl (C=S) groups is 1. The Morgan fingerprint density at radius 3 is 2.44 bits per heavy atom. The predicted molar refractivity (Wildman–Crippen MR) is 132 cm³/mol. The van der Waals surface area contributed by atoms with E-state index >= 15 is 0 Å². The number of aryl methyl sites for hydroxylation is 1. The van der Waals surface area contributed by atoms with Crippen molar-refractivity contribution in [3.8, 4) is 5.75 Å². The average Bonchev–Trinajstić information content (AvgIpc) is 2.78. The third kappa shape index (κ3) is 4.79. The summed E-state index contributed by atoms with van der Waals surface area (Å²) in [7, 11) is 0. The Labute approximate surface area is 199 Å². The van der Waals surface area contributed by atoms with Gasteiger partial charge in [-0.25, -0.2) is 0 Å². The summed E-state index contributed by atoms with van der Waals surface area (Å²) in [6.45, 7) is 2.39. The first kappa shape index (κ1) is 21.9. The van der Waals surface area contributed by atoms with Crippen LogP contribution in [0.3, 0.4) is 0 Å². The summed E-state index contributed by atoms with van der Waals surface area (Å²) in [5.74, 6) is -0.329. The van der Waals surface area contributed by atoms with Crippen molar-refractivity contribution in [3.63, 3.8) is 0 Å². The molecule has 0 radical (unpaired) electrons. The molecule has 1 heterocycles. The van der Waals surface area contributed by atoms with Gasteiger partial charge < -0.3 is 4.74 Å². The first-order valence-electron chi connectivity index (χ1n) is 9.87. The number of hydrogen-bond acceptors (Lipinski definition) is 4. The molecular formula is C25H19BrN2O3S. The van der Waals surface area contributed by atoms with Gasteiger partial charge in [0, 0.05) is 0 Å². The second-order valence-electron chi connectivity index (χ2n) is 7.26. The van der Waals surface area contributed by atoms with E-state index in [-0.39, 0.29) is 10.7 Å². The van der Waals surface area contributed by atoms with Crippen LogP contribution in [0.2, 0.25) is 0 Å². The van der Waals surface area contributed by atoms with Crippen LogP contribution in [-0.4, -0.2) is 16.9 Å². The third-order valence-corrected chi connectivity index (χ3v) is 5.80. The van der Waals surface area contributed by atoms with E-state index in [1.165, 1.54) is 4.90 Å². The van der Waals surface area contributed by atoms with Gasteiger partial charge in [-0.2, -0.15) is 0 Å². The highest BCUT2D eigenvalue weighted by Gasteiger charge is 2.34.